The van der Waals surface area contributed by atoms with Gasteiger partial charge in [0.2, 0.25) is 0 Å². The second kappa shape index (κ2) is 8.09. The molecular weight excluding hydrogens is 182 g/mol. The van der Waals surface area contributed by atoms with E-state index >= 15 is 0 Å². The molecule has 0 atom stereocenters. The summed E-state index contributed by atoms with van der Waals surface area (Å²) in [6.45, 7) is 17.6. The van der Waals surface area contributed by atoms with E-state index in [0.717, 1.165) is 30.7 Å². The molecule has 0 aliphatic carbocycles. The second-order valence-electron chi connectivity index (χ2n) is 3.07. The summed E-state index contributed by atoms with van der Waals surface area (Å²) in [4.78, 5) is 0. The molecule has 0 spiro atoms. The van der Waals surface area contributed by atoms with Crippen LogP contribution in [0.5, 0.6) is 0 Å². The Labute approximate surface area is 88.4 Å². The van der Waals surface area contributed by atoms with E-state index in [1.807, 2.05) is 18.2 Å². The zero-order valence-corrected chi connectivity index (χ0v) is 9.26. The van der Waals surface area contributed by atoms with Crippen LogP contribution in [0.1, 0.15) is 6.92 Å². The van der Waals surface area contributed by atoms with Gasteiger partial charge in [0.15, 0.2) is 0 Å². The predicted octanol–water partition coefficient (Wildman–Crippen LogP) is -0.615. The van der Waals surface area contributed by atoms with Crippen molar-refractivity contribution >= 4 is 0 Å². The van der Waals surface area contributed by atoms with E-state index in [1.165, 1.54) is 0 Å². The molecule has 1 nitrogen and oxygen atoms in total. The van der Waals surface area contributed by atoms with Gasteiger partial charge in [-0.2, -0.15) is 0 Å². The minimum atomic E-state index is 0. The first kappa shape index (κ1) is 15.0. The van der Waals surface area contributed by atoms with Gasteiger partial charge in [-0.15, -0.1) is 0 Å². The Kier molecular flexibility index (Phi) is 9.31. The molecule has 0 aliphatic heterocycles. The Bertz CT molecular complexity index is 137. The van der Waals surface area contributed by atoms with Gasteiger partial charge in [-0.3, -0.25) is 0 Å². The van der Waals surface area contributed by atoms with Gasteiger partial charge in [-0.1, -0.05) is 19.7 Å². The lowest BCUT2D eigenvalue weighted by molar-refractivity contribution is -0.910. The topological polar surface area (TPSA) is 0 Å². The molecule has 0 aromatic heterocycles. The SMILES string of the molecule is C=CC[N+](CC)(CC=C)CC=C.[Cl-]. The smallest absolute Gasteiger partial charge is 0.0975 e. The van der Waals surface area contributed by atoms with Gasteiger partial charge >= 0.3 is 0 Å². The summed E-state index contributed by atoms with van der Waals surface area (Å²) in [5.74, 6) is 0. The van der Waals surface area contributed by atoms with Crippen LogP contribution >= 0.6 is 0 Å². The Balaban J connectivity index is 0. The highest BCUT2D eigenvalue weighted by Gasteiger charge is 2.19. The molecule has 2 heteroatoms. The van der Waals surface area contributed by atoms with Gasteiger partial charge in [-0.05, 0) is 25.2 Å². The third-order valence-electron chi connectivity index (χ3n) is 2.22. The third kappa shape index (κ3) is 4.91. The number of hydrogen-bond acceptors (Lipinski definition) is 0. The molecular formula is C11H20ClN. The molecule has 0 unspecified atom stereocenters. The molecule has 0 amide bonds. The van der Waals surface area contributed by atoms with E-state index in [9.17, 15) is 0 Å². The first-order valence-electron chi connectivity index (χ1n) is 4.42. The van der Waals surface area contributed by atoms with E-state index in [1.54, 1.807) is 0 Å². The van der Waals surface area contributed by atoms with Crippen LogP contribution in [-0.4, -0.2) is 30.7 Å². The Morgan fingerprint density at radius 2 is 1.23 bits per heavy atom. The molecule has 0 saturated heterocycles. The minimum Gasteiger partial charge on any atom is -1.00 e. The third-order valence-corrected chi connectivity index (χ3v) is 2.22. The van der Waals surface area contributed by atoms with Crippen molar-refractivity contribution in [2.75, 3.05) is 26.2 Å². The van der Waals surface area contributed by atoms with Crippen molar-refractivity contribution in [3.63, 3.8) is 0 Å². The maximum absolute atomic E-state index is 3.77. The van der Waals surface area contributed by atoms with Gasteiger partial charge < -0.3 is 16.9 Å². The monoisotopic (exact) mass is 201 g/mol. The highest BCUT2D eigenvalue weighted by atomic mass is 35.5. The Hall–Kier alpha value is -0.530. The van der Waals surface area contributed by atoms with Crippen LogP contribution in [-0.2, 0) is 0 Å². The van der Waals surface area contributed by atoms with Crippen LogP contribution in [0, 0.1) is 0 Å². The molecule has 0 aliphatic rings. The quantitative estimate of drug-likeness (QED) is 0.381. The summed E-state index contributed by atoms with van der Waals surface area (Å²) in [5.41, 5.74) is 0. The molecule has 0 fully saturated rings. The van der Waals surface area contributed by atoms with Crippen molar-refractivity contribution < 1.29 is 16.9 Å². The van der Waals surface area contributed by atoms with E-state index in [4.69, 9.17) is 0 Å². The molecule has 0 aromatic carbocycles. The van der Waals surface area contributed by atoms with Crippen LogP contribution in [0.25, 0.3) is 0 Å². The molecule has 76 valence electrons. The Morgan fingerprint density at radius 1 is 0.923 bits per heavy atom. The molecule has 0 saturated carbocycles. The molecule has 0 N–H and O–H groups in total. The summed E-state index contributed by atoms with van der Waals surface area (Å²) >= 11 is 0. The predicted molar refractivity (Wildman–Crippen MR) is 56.0 cm³/mol. The number of nitrogens with zero attached hydrogens (tertiary/aromatic N) is 1. The highest BCUT2D eigenvalue weighted by molar-refractivity contribution is 4.75. The van der Waals surface area contributed by atoms with E-state index in [0.29, 0.717) is 0 Å². The lowest BCUT2D eigenvalue weighted by atomic mass is 10.3. The minimum absolute atomic E-state index is 0. The summed E-state index contributed by atoms with van der Waals surface area (Å²) in [7, 11) is 0. The standard InChI is InChI=1S/C11H20N.ClH/c1-5-9-12(8-4,10-6-2)11-7-3;/h5-7H,1-3,8-11H2,4H3;1H/q+1;/p-1. The summed E-state index contributed by atoms with van der Waals surface area (Å²) < 4.78 is 0.997. The molecule has 0 heterocycles. The summed E-state index contributed by atoms with van der Waals surface area (Å²) in [5, 5.41) is 0. The maximum Gasteiger partial charge on any atom is 0.0975 e. The molecule has 13 heavy (non-hydrogen) atoms. The maximum atomic E-state index is 3.77. The normalized spacial score (nSPS) is 9.92. The van der Waals surface area contributed by atoms with E-state index < -0.39 is 0 Å². The fourth-order valence-corrected chi connectivity index (χ4v) is 1.43. The van der Waals surface area contributed by atoms with E-state index in [2.05, 4.69) is 26.7 Å². The van der Waals surface area contributed by atoms with Crippen LogP contribution < -0.4 is 12.4 Å². The van der Waals surface area contributed by atoms with Crippen molar-refractivity contribution in [3.8, 4) is 0 Å². The van der Waals surface area contributed by atoms with E-state index in [-0.39, 0.29) is 12.4 Å². The van der Waals surface area contributed by atoms with Crippen LogP contribution in [0.15, 0.2) is 38.0 Å². The number of halogens is 1. The molecule has 0 radical (unpaired) electrons. The average Bonchev–Trinajstić information content (AvgIpc) is 2.06. The largest absolute Gasteiger partial charge is 1.00 e. The average molecular weight is 202 g/mol. The number of quaternary nitrogens is 1. The van der Waals surface area contributed by atoms with Crippen molar-refractivity contribution in [2.45, 2.75) is 6.92 Å². The first-order valence-corrected chi connectivity index (χ1v) is 4.42. The lowest BCUT2D eigenvalue weighted by Gasteiger charge is -2.34. The fraction of sp³-hybridized carbons (Fsp3) is 0.455. The summed E-state index contributed by atoms with van der Waals surface area (Å²) in [6.07, 6.45) is 5.91. The molecule has 0 rings (SSSR count). The van der Waals surface area contributed by atoms with Crippen molar-refractivity contribution in [1.29, 1.82) is 0 Å². The molecule has 0 bridgehead atoms. The van der Waals surface area contributed by atoms with Gasteiger partial charge in [0, 0.05) is 0 Å². The number of likely N-dealkylation sites (N-methyl/N-ethyl adjacent to an activating group) is 1. The van der Waals surface area contributed by atoms with Crippen LogP contribution in [0.4, 0.5) is 0 Å². The van der Waals surface area contributed by atoms with Crippen molar-refractivity contribution in [3.05, 3.63) is 38.0 Å². The van der Waals surface area contributed by atoms with Crippen molar-refractivity contribution in [2.24, 2.45) is 0 Å². The van der Waals surface area contributed by atoms with Crippen LogP contribution in [0.3, 0.4) is 0 Å². The van der Waals surface area contributed by atoms with Gasteiger partial charge in [0.25, 0.3) is 0 Å². The lowest BCUT2D eigenvalue weighted by Crippen LogP contribution is -3.00. The van der Waals surface area contributed by atoms with Crippen molar-refractivity contribution in [1.82, 2.24) is 0 Å². The molecule has 0 aromatic rings. The zero-order valence-electron chi connectivity index (χ0n) is 8.51. The van der Waals surface area contributed by atoms with Gasteiger partial charge in [0.05, 0.1) is 26.2 Å². The highest BCUT2D eigenvalue weighted by Crippen LogP contribution is 2.06. The number of rotatable bonds is 7. The van der Waals surface area contributed by atoms with Crippen LogP contribution in [0.2, 0.25) is 0 Å². The number of hydrogen-bond donors (Lipinski definition) is 0. The fourth-order valence-electron chi connectivity index (χ4n) is 1.43. The van der Waals surface area contributed by atoms with Gasteiger partial charge in [-0.25, -0.2) is 0 Å². The summed E-state index contributed by atoms with van der Waals surface area (Å²) in [6, 6.07) is 0. The van der Waals surface area contributed by atoms with Gasteiger partial charge in [0.1, 0.15) is 0 Å². The first-order chi connectivity index (χ1) is 5.74. The zero-order chi connectivity index (χ0) is 9.45. The second-order valence-corrected chi connectivity index (χ2v) is 3.07. The Morgan fingerprint density at radius 3 is 1.38 bits per heavy atom.